The minimum atomic E-state index is -0.527. The molecule has 116 valence electrons. The summed E-state index contributed by atoms with van der Waals surface area (Å²) in [5.41, 5.74) is 0.931. The van der Waals surface area contributed by atoms with E-state index in [9.17, 15) is 15.2 Å². The lowest BCUT2D eigenvalue weighted by atomic mass is 10.2. The number of thiazole rings is 1. The summed E-state index contributed by atoms with van der Waals surface area (Å²) in [7, 11) is 1.59. The van der Waals surface area contributed by atoms with Gasteiger partial charge in [0.15, 0.2) is 0 Å². The van der Waals surface area contributed by atoms with Gasteiger partial charge in [-0.25, -0.2) is 9.98 Å². The number of aromatic hydroxyl groups is 1. The minimum Gasteiger partial charge on any atom is -0.507 e. The van der Waals surface area contributed by atoms with Gasteiger partial charge in [0.1, 0.15) is 11.5 Å². The zero-order valence-electron chi connectivity index (χ0n) is 12.0. The predicted molar refractivity (Wildman–Crippen MR) is 88.2 cm³/mol. The first kappa shape index (κ1) is 14.9. The number of benzene rings is 2. The molecule has 0 amide bonds. The highest BCUT2D eigenvalue weighted by Crippen LogP contribution is 2.31. The fourth-order valence-electron chi connectivity index (χ4n) is 1.96. The van der Waals surface area contributed by atoms with Crippen LogP contribution in [-0.2, 0) is 0 Å². The molecule has 0 spiro atoms. The van der Waals surface area contributed by atoms with Crippen LogP contribution >= 0.6 is 11.3 Å². The monoisotopic (exact) mass is 329 g/mol. The number of aromatic nitrogens is 1. The number of non-ortho nitro benzene ring substituents is 1. The molecular formula is C15H11N3O4S. The van der Waals surface area contributed by atoms with Crippen molar-refractivity contribution in [2.75, 3.05) is 7.11 Å². The van der Waals surface area contributed by atoms with Crippen LogP contribution in [0.3, 0.4) is 0 Å². The molecule has 1 aromatic heterocycles. The van der Waals surface area contributed by atoms with Gasteiger partial charge in [-0.05, 0) is 24.3 Å². The lowest BCUT2D eigenvalue weighted by Gasteiger charge is -1.97. The van der Waals surface area contributed by atoms with E-state index >= 15 is 0 Å². The normalized spacial score (nSPS) is 11.2. The molecule has 0 unspecified atom stereocenters. The number of hydrogen-bond acceptors (Lipinski definition) is 7. The topological polar surface area (TPSA) is 97.9 Å². The molecule has 0 atom stereocenters. The molecule has 1 N–H and O–H groups in total. The summed E-state index contributed by atoms with van der Waals surface area (Å²) < 4.78 is 6.07. The Morgan fingerprint density at radius 3 is 2.91 bits per heavy atom. The average Bonchev–Trinajstić information content (AvgIpc) is 2.95. The molecule has 0 saturated carbocycles. The van der Waals surface area contributed by atoms with Crippen molar-refractivity contribution in [2.24, 2.45) is 4.99 Å². The van der Waals surface area contributed by atoms with Crippen molar-refractivity contribution in [3.8, 4) is 11.5 Å². The summed E-state index contributed by atoms with van der Waals surface area (Å²) in [6.45, 7) is 0. The van der Waals surface area contributed by atoms with Gasteiger partial charge in [-0.3, -0.25) is 10.1 Å². The molecule has 0 saturated heterocycles. The lowest BCUT2D eigenvalue weighted by Crippen LogP contribution is -1.90. The van der Waals surface area contributed by atoms with Crippen molar-refractivity contribution < 1.29 is 14.8 Å². The van der Waals surface area contributed by atoms with Crippen LogP contribution in [0.4, 0.5) is 10.8 Å². The standard InChI is InChI=1S/C15H11N3O4S/c1-22-11-3-4-12-14(7-11)23-15(17-12)16-8-9-6-10(18(20)21)2-5-13(9)19/h2-8,19H,1H3/b16-8+. The maximum atomic E-state index is 10.8. The van der Waals surface area contributed by atoms with Crippen molar-refractivity contribution >= 4 is 38.6 Å². The van der Waals surface area contributed by atoms with Crippen molar-refractivity contribution in [1.82, 2.24) is 4.98 Å². The third-order valence-electron chi connectivity index (χ3n) is 3.12. The molecule has 0 aliphatic rings. The van der Waals surface area contributed by atoms with Gasteiger partial charge in [0, 0.05) is 23.9 Å². The van der Waals surface area contributed by atoms with E-state index in [0.29, 0.717) is 5.13 Å². The number of nitro benzene ring substituents is 1. The summed E-state index contributed by atoms with van der Waals surface area (Å²) in [4.78, 5) is 18.8. The second-order valence-corrected chi connectivity index (χ2v) is 5.60. The van der Waals surface area contributed by atoms with Crippen LogP contribution in [0.15, 0.2) is 41.4 Å². The summed E-state index contributed by atoms with van der Waals surface area (Å²) in [5.74, 6) is 0.648. The number of methoxy groups -OCH3 is 1. The van der Waals surface area contributed by atoms with E-state index in [1.165, 1.54) is 35.8 Å². The van der Waals surface area contributed by atoms with E-state index in [1.807, 2.05) is 18.2 Å². The smallest absolute Gasteiger partial charge is 0.270 e. The SMILES string of the molecule is COc1ccc2nc(/N=C/c3cc([N+](=O)[O-])ccc3O)sc2c1. The zero-order chi connectivity index (χ0) is 16.4. The number of nitro groups is 1. The Hall–Kier alpha value is -3.00. The van der Waals surface area contributed by atoms with E-state index in [2.05, 4.69) is 9.98 Å². The molecule has 0 aliphatic heterocycles. The van der Waals surface area contributed by atoms with E-state index in [4.69, 9.17) is 4.74 Å². The first-order chi connectivity index (χ1) is 11.1. The number of ether oxygens (including phenoxy) is 1. The summed E-state index contributed by atoms with van der Waals surface area (Å²) >= 11 is 1.36. The predicted octanol–water partition coefficient (Wildman–Crippen LogP) is 3.67. The van der Waals surface area contributed by atoms with Gasteiger partial charge in [0.05, 0.1) is 22.2 Å². The highest BCUT2D eigenvalue weighted by atomic mass is 32.1. The Labute approximate surface area is 134 Å². The van der Waals surface area contributed by atoms with Gasteiger partial charge in [0.25, 0.3) is 5.69 Å². The van der Waals surface area contributed by atoms with Gasteiger partial charge in [-0.1, -0.05) is 11.3 Å². The molecule has 0 bridgehead atoms. The van der Waals surface area contributed by atoms with Crippen LogP contribution in [-0.4, -0.2) is 28.3 Å². The second-order valence-electron chi connectivity index (χ2n) is 4.59. The van der Waals surface area contributed by atoms with Crippen LogP contribution in [0.1, 0.15) is 5.56 Å². The number of fused-ring (bicyclic) bond motifs is 1. The molecule has 0 aliphatic carbocycles. The van der Waals surface area contributed by atoms with E-state index in [1.54, 1.807) is 7.11 Å². The Balaban J connectivity index is 1.93. The highest BCUT2D eigenvalue weighted by Gasteiger charge is 2.09. The molecule has 2 aromatic carbocycles. The molecule has 23 heavy (non-hydrogen) atoms. The van der Waals surface area contributed by atoms with Crippen LogP contribution in [0.2, 0.25) is 0 Å². The Morgan fingerprint density at radius 2 is 2.17 bits per heavy atom. The van der Waals surface area contributed by atoms with Gasteiger partial charge >= 0.3 is 0 Å². The molecule has 7 nitrogen and oxygen atoms in total. The second kappa shape index (κ2) is 6.01. The van der Waals surface area contributed by atoms with Crippen LogP contribution in [0.25, 0.3) is 10.2 Å². The molecule has 3 rings (SSSR count). The van der Waals surface area contributed by atoms with Crippen molar-refractivity contribution in [3.05, 3.63) is 52.1 Å². The van der Waals surface area contributed by atoms with E-state index < -0.39 is 4.92 Å². The maximum absolute atomic E-state index is 10.8. The van der Waals surface area contributed by atoms with Crippen LogP contribution < -0.4 is 4.74 Å². The molecule has 8 heteroatoms. The van der Waals surface area contributed by atoms with Gasteiger partial charge in [-0.15, -0.1) is 0 Å². The van der Waals surface area contributed by atoms with Crippen LogP contribution in [0, 0.1) is 10.1 Å². The third kappa shape index (κ3) is 3.11. The Bertz CT molecular complexity index is 920. The fraction of sp³-hybridized carbons (Fsp3) is 0.0667. The number of phenols is 1. The highest BCUT2D eigenvalue weighted by molar-refractivity contribution is 7.22. The lowest BCUT2D eigenvalue weighted by molar-refractivity contribution is -0.384. The summed E-state index contributed by atoms with van der Waals surface area (Å²) in [6, 6.07) is 9.25. The van der Waals surface area contributed by atoms with Crippen LogP contribution in [0.5, 0.6) is 11.5 Å². The van der Waals surface area contributed by atoms with Crippen molar-refractivity contribution in [3.63, 3.8) is 0 Å². The number of hydrogen-bond donors (Lipinski definition) is 1. The molecule has 0 fully saturated rings. The molecule has 0 radical (unpaired) electrons. The Kier molecular flexibility index (Phi) is 3.90. The first-order valence-corrected chi connectivity index (χ1v) is 7.34. The van der Waals surface area contributed by atoms with Gasteiger partial charge < -0.3 is 9.84 Å². The van der Waals surface area contributed by atoms with E-state index in [-0.39, 0.29) is 17.0 Å². The van der Waals surface area contributed by atoms with Crippen molar-refractivity contribution in [1.29, 1.82) is 0 Å². The maximum Gasteiger partial charge on any atom is 0.270 e. The fourth-order valence-corrected chi connectivity index (χ4v) is 2.80. The van der Waals surface area contributed by atoms with Crippen molar-refractivity contribution in [2.45, 2.75) is 0 Å². The average molecular weight is 329 g/mol. The minimum absolute atomic E-state index is 0.0814. The number of phenolic OH excluding ortho intramolecular Hbond substituents is 1. The summed E-state index contributed by atoms with van der Waals surface area (Å²) in [6.07, 6.45) is 1.36. The number of nitrogens with zero attached hydrogens (tertiary/aromatic N) is 3. The third-order valence-corrected chi connectivity index (χ3v) is 4.05. The zero-order valence-corrected chi connectivity index (χ0v) is 12.8. The largest absolute Gasteiger partial charge is 0.507 e. The molecule has 1 heterocycles. The van der Waals surface area contributed by atoms with E-state index in [0.717, 1.165) is 16.0 Å². The molecular weight excluding hydrogens is 318 g/mol. The Morgan fingerprint density at radius 1 is 1.35 bits per heavy atom. The quantitative estimate of drug-likeness (QED) is 0.447. The summed E-state index contributed by atoms with van der Waals surface area (Å²) in [5, 5.41) is 21.0. The van der Waals surface area contributed by atoms with Gasteiger partial charge in [0.2, 0.25) is 5.13 Å². The number of rotatable bonds is 4. The first-order valence-electron chi connectivity index (χ1n) is 6.53. The number of aliphatic imine (C=N–C) groups is 1. The molecule has 3 aromatic rings. The van der Waals surface area contributed by atoms with Gasteiger partial charge in [-0.2, -0.15) is 0 Å².